The molecule has 5 nitrogen and oxygen atoms in total. The van der Waals surface area contributed by atoms with Crippen molar-refractivity contribution in [3.05, 3.63) is 0 Å². The molecule has 2 heterocycles. The number of hydrogen-bond acceptors (Lipinski definition) is 3. The minimum Gasteiger partial charge on any atom is -0.317 e. The number of likely N-dealkylation sites (N-methyl/N-ethyl adjacent to an activating group) is 1. The van der Waals surface area contributed by atoms with E-state index in [-0.39, 0.29) is 12.4 Å². The second kappa shape index (κ2) is 6.33. The normalized spacial score (nSPS) is 26.9. The molecule has 0 aromatic rings. The summed E-state index contributed by atoms with van der Waals surface area (Å²) < 4.78 is 26.7. The maximum absolute atomic E-state index is 11.8. The summed E-state index contributed by atoms with van der Waals surface area (Å²) in [5.74, 6) is 0.697. The van der Waals surface area contributed by atoms with Crippen LogP contribution in [0.15, 0.2) is 0 Å². The van der Waals surface area contributed by atoms with Crippen molar-refractivity contribution in [2.45, 2.75) is 19.3 Å². The molecule has 17 heavy (non-hydrogen) atoms. The summed E-state index contributed by atoms with van der Waals surface area (Å²) in [7, 11) is -1.46. The summed E-state index contributed by atoms with van der Waals surface area (Å²) in [5, 5.41) is 3.33. The highest BCUT2D eigenvalue weighted by Gasteiger charge is 2.33. The van der Waals surface area contributed by atoms with Crippen LogP contribution in [0.1, 0.15) is 19.3 Å². The standard InChI is InChI=1S/C10H21N3O2S.ClH/c1-12-8-9-13(16(12,14)15)7-4-10-2-5-11-6-3-10;/h10-11H,2-9H2,1H3;1H. The SMILES string of the molecule is CN1CCN(CCC2CCNCC2)S1(=O)=O.Cl. The van der Waals surface area contributed by atoms with Crippen molar-refractivity contribution in [2.24, 2.45) is 5.92 Å². The first-order valence-corrected chi connectivity index (χ1v) is 7.42. The van der Waals surface area contributed by atoms with E-state index in [9.17, 15) is 8.42 Å². The highest BCUT2D eigenvalue weighted by Crippen LogP contribution is 2.20. The van der Waals surface area contributed by atoms with Crippen LogP contribution in [0.5, 0.6) is 0 Å². The van der Waals surface area contributed by atoms with Crippen LogP contribution in [0.4, 0.5) is 0 Å². The highest BCUT2D eigenvalue weighted by molar-refractivity contribution is 7.87. The molecule has 0 spiro atoms. The molecular formula is C10H22ClN3O2S. The Bertz CT molecular complexity index is 330. The molecule has 2 rings (SSSR count). The Labute approximate surface area is 110 Å². The Morgan fingerprint density at radius 1 is 1.24 bits per heavy atom. The summed E-state index contributed by atoms with van der Waals surface area (Å²) in [6.45, 7) is 4.14. The molecule has 102 valence electrons. The first kappa shape index (κ1) is 15.2. The number of halogens is 1. The molecule has 2 fully saturated rings. The van der Waals surface area contributed by atoms with E-state index in [1.807, 2.05) is 0 Å². The molecule has 0 atom stereocenters. The van der Waals surface area contributed by atoms with Gasteiger partial charge >= 0.3 is 0 Å². The number of hydrogen-bond donors (Lipinski definition) is 1. The third kappa shape index (κ3) is 3.54. The average Bonchev–Trinajstić information content (AvgIpc) is 2.53. The van der Waals surface area contributed by atoms with Gasteiger partial charge in [-0.25, -0.2) is 0 Å². The van der Waals surface area contributed by atoms with Crippen LogP contribution in [-0.2, 0) is 10.2 Å². The van der Waals surface area contributed by atoms with Gasteiger partial charge in [-0.2, -0.15) is 17.0 Å². The highest BCUT2D eigenvalue weighted by atomic mass is 35.5. The average molecular weight is 284 g/mol. The topological polar surface area (TPSA) is 52.6 Å². The van der Waals surface area contributed by atoms with Gasteiger partial charge in [-0.05, 0) is 38.3 Å². The molecule has 2 aliphatic rings. The molecule has 7 heteroatoms. The van der Waals surface area contributed by atoms with E-state index < -0.39 is 10.2 Å². The maximum Gasteiger partial charge on any atom is 0.281 e. The second-order valence-corrected chi connectivity index (χ2v) is 6.75. The molecule has 0 saturated carbocycles. The Morgan fingerprint density at radius 3 is 2.41 bits per heavy atom. The van der Waals surface area contributed by atoms with E-state index in [1.165, 1.54) is 17.1 Å². The quantitative estimate of drug-likeness (QED) is 0.810. The predicted molar refractivity (Wildman–Crippen MR) is 70.6 cm³/mol. The number of rotatable bonds is 3. The van der Waals surface area contributed by atoms with Gasteiger partial charge in [0.25, 0.3) is 10.2 Å². The third-order valence-electron chi connectivity index (χ3n) is 3.63. The van der Waals surface area contributed by atoms with Gasteiger partial charge in [-0.15, -0.1) is 12.4 Å². The Kier molecular flexibility index (Phi) is 5.66. The first-order valence-electron chi connectivity index (χ1n) is 6.03. The van der Waals surface area contributed by atoms with Crippen molar-refractivity contribution < 1.29 is 8.42 Å². The fourth-order valence-electron chi connectivity index (χ4n) is 2.40. The Balaban J connectivity index is 0.00000144. The Hall–Kier alpha value is 0.120. The largest absolute Gasteiger partial charge is 0.317 e. The van der Waals surface area contributed by atoms with Crippen LogP contribution in [0.25, 0.3) is 0 Å². The zero-order valence-corrected chi connectivity index (χ0v) is 11.9. The van der Waals surface area contributed by atoms with Crippen molar-refractivity contribution in [1.29, 1.82) is 0 Å². The van der Waals surface area contributed by atoms with Crippen LogP contribution >= 0.6 is 12.4 Å². The summed E-state index contributed by atoms with van der Waals surface area (Å²) >= 11 is 0. The van der Waals surface area contributed by atoms with E-state index in [0.717, 1.165) is 19.5 Å². The lowest BCUT2D eigenvalue weighted by atomic mass is 9.95. The molecule has 0 aromatic heterocycles. The minimum atomic E-state index is -3.12. The molecule has 2 saturated heterocycles. The van der Waals surface area contributed by atoms with Crippen LogP contribution in [0, 0.1) is 5.92 Å². The van der Waals surface area contributed by atoms with Crippen molar-refractivity contribution in [2.75, 3.05) is 39.8 Å². The van der Waals surface area contributed by atoms with Gasteiger partial charge in [0.1, 0.15) is 0 Å². The van der Waals surface area contributed by atoms with Gasteiger partial charge in [0, 0.05) is 26.7 Å². The summed E-state index contributed by atoms with van der Waals surface area (Å²) in [6.07, 6.45) is 3.38. The number of piperidine rings is 1. The van der Waals surface area contributed by atoms with Crippen LogP contribution in [0.2, 0.25) is 0 Å². The van der Waals surface area contributed by atoms with Crippen molar-refractivity contribution in [3.63, 3.8) is 0 Å². The van der Waals surface area contributed by atoms with E-state index in [4.69, 9.17) is 0 Å². The van der Waals surface area contributed by atoms with Gasteiger partial charge in [0.05, 0.1) is 0 Å². The molecule has 0 bridgehead atoms. The van der Waals surface area contributed by atoms with Gasteiger partial charge in [0.2, 0.25) is 0 Å². The third-order valence-corrected chi connectivity index (χ3v) is 5.62. The maximum atomic E-state index is 11.8. The lowest BCUT2D eigenvalue weighted by Crippen LogP contribution is -2.34. The minimum absolute atomic E-state index is 0. The van der Waals surface area contributed by atoms with Crippen LogP contribution < -0.4 is 5.32 Å². The smallest absolute Gasteiger partial charge is 0.281 e. The van der Waals surface area contributed by atoms with Crippen molar-refractivity contribution in [3.8, 4) is 0 Å². The Morgan fingerprint density at radius 2 is 1.88 bits per heavy atom. The van der Waals surface area contributed by atoms with Crippen molar-refractivity contribution >= 4 is 22.6 Å². The molecule has 2 aliphatic heterocycles. The molecule has 1 N–H and O–H groups in total. The van der Waals surface area contributed by atoms with Gasteiger partial charge in [0.15, 0.2) is 0 Å². The summed E-state index contributed by atoms with van der Waals surface area (Å²) in [6, 6.07) is 0. The van der Waals surface area contributed by atoms with Crippen LogP contribution in [0.3, 0.4) is 0 Å². The molecule has 0 radical (unpaired) electrons. The monoisotopic (exact) mass is 283 g/mol. The lowest BCUT2D eigenvalue weighted by Gasteiger charge is -2.24. The van der Waals surface area contributed by atoms with Gasteiger partial charge < -0.3 is 5.32 Å². The second-order valence-electron chi connectivity index (χ2n) is 4.71. The van der Waals surface area contributed by atoms with E-state index >= 15 is 0 Å². The zero-order chi connectivity index (χ0) is 11.6. The van der Waals surface area contributed by atoms with E-state index in [2.05, 4.69) is 5.32 Å². The first-order chi connectivity index (χ1) is 7.60. The zero-order valence-electron chi connectivity index (χ0n) is 10.3. The molecule has 0 aliphatic carbocycles. The fraction of sp³-hybridized carbons (Fsp3) is 1.00. The van der Waals surface area contributed by atoms with E-state index in [1.54, 1.807) is 11.4 Å². The lowest BCUT2D eigenvalue weighted by molar-refractivity contribution is 0.319. The van der Waals surface area contributed by atoms with Crippen LogP contribution in [-0.4, -0.2) is 56.8 Å². The summed E-state index contributed by atoms with van der Waals surface area (Å²) in [4.78, 5) is 0. The molecule has 0 amide bonds. The van der Waals surface area contributed by atoms with Gasteiger partial charge in [-0.1, -0.05) is 0 Å². The number of nitrogens with one attached hydrogen (secondary N) is 1. The summed E-state index contributed by atoms with van der Waals surface area (Å²) in [5.41, 5.74) is 0. The van der Waals surface area contributed by atoms with E-state index in [0.29, 0.717) is 25.6 Å². The molecular weight excluding hydrogens is 262 g/mol. The predicted octanol–water partition coefficient (Wildman–Crippen LogP) is 0.290. The number of nitrogens with zero attached hydrogens (tertiary/aromatic N) is 2. The van der Waals surface area contributed by atoms with Gasteiger partial charge in [-0.3, -0.25) is 0 Å². The molecule has 0 aromatic carbocycles. The fourth-order valence-corrected chi connectivity index (χ4v) is 3.76. The van der Waals surface area contributed by atoms with Crippen molar-refractivity contribution in [1.82, 2.24) is 13.9 Å². The molecule has 0 unspecified atom stereocenters.